The summed E-state index contributed by atoms with van der Waals surface area (Å²) in [5.74, 6) is 0.570. The third-order valence-corrected chi connectivity index (χ3v) is 5.33. The molecule has 8 nitrogen and oxygen atoms in total. The Morgan fingerprint density at radius 3 is 2.55 bits per heavy atom. The number of aromatic nitrogens is 1. The number of hydrogen-bond acceptors (Lipinski definition) is 5. The third-order valence-electron chi connectivity index (χ3n) is 5.33. The smallest absolute Gasteiger partial charge is 0.269 e. The van der Waals surface area contributed by atoms with Gasteiger partial charge >= 0.3 is 0 Å². The average Bonchev–Trinajstić information content (AvgIpc) is 3.48. The molecule has 2 aromatic heterocycles. The molecule has 0 saturated carbocycles. The first-order valence-electron chi connectivity index (χ1n) is 9.73. The first-order valence-corrected chi connectivity index (χ1v) is 9.73. The fourth-order valence-electron chi connectivity index (χ4n) is 3.85. The van der Waals surface area contributed by atoms with Gasteiger partial charge in [0.1, 0.15) is 11.9 Å². The highest BCUT2D eigenvalue weighted by Gasteiger charge is 2.35. The standard InChI is InChI=1S/C23H18N4O4/c28-23-19-6-1-2-7-20(19)24-22(26(23)15-18-5-4-14-31-18)21-8-3-13-25(21)16-9-11-17(12-10-16)27(29)30/h1-14,22,24H,15H2/t22-/m0/s1. The highest BCUT2D eigenvalue weighted by atomic mass is 16.6. The molecule has 1 N–H and O–H groups in total. The summed E-state index contributed by atoms with van der Waals surface area (Å²) in [5.41, 5.74) is 2.96. The predicted octanol–water partition coefficient (Wildman–Crippen LogP) is 4.75. The van der Waals surface area contributed by atoms with Gasteiger partial charge in [-0.1, -0.05) is 12.1 Å². The normalized spacial score (nSPS) is 15.4. The van der Waals surface area contributed by atoms with Crippen molar-refractivity contribution in [1.82, 2.24) is 9.47 Å². The average molecular weight is 414 g/mol. The van der Waals surface area contributed by atoms with Crippen LogP contribution in [0.3, 0.4) is 0 Å². The van der Waals surface area contributed by atoms with E-state index >= 15 is 0 Å². The number of fused-ring (bicyclic) bond motifs is 1. The molecule has 8 heteroatoms. The van der Waals surface area contributed by atoms with E-state index in [4.69, 9.17) is 4.42 Å². The predicted molar refractivity (Wildman–Crippen MR) is 114 cm³/mol. The second kappa shape index (κ2) is 7.49. The summed E-state index contributed by atoms with van der Waals surface area (Å²) >= 11 is 0. The molecule has 0 saturated heterocycles. The molecule has 3 heterocycles. The molecule has 1 aliphatic rings. The van der Waals surface area contributed by atoms with Crippen LogP contribution in [0.4, 0.5) is 11.4 Å². The molecule has 154 valence electrons. The highest BCUT2D eigenvalue weighted by Crippen LogP contribution is 2.35. The number of rotatable bonds is 5. The lowest BCUT2D eigenvalue weighted by Gasteiger charge is -2.38. The maximum Gasteiger partial charge on any atom is 0.269 e. The minimum atomic E-state index is -0.460. The molecular formula is C23H18N4O4. The van der Waals surface area contributed by atoms with Crippen molar-refractivity contribution in [3.63, 3.8) is 0 Å². The number of nitro benzene ring substituents is 1. The van der Waals surface area contributed by atoms with E-state index in [0.29, 0.717) is 17.9 Å². The zero-order valence-corrected chi connectivity index (χ0v) is 16.3. The number of benzene rings is 2. The molecule has 0 aliphatic carbocycles. The second-order valence-electron chi connectivity index (χ2n) is 7.18. The zero-order valence-electron chi connectivity index (χ0n) is 16.3. The van der Waals surface area contributed by atoms with Crippen LogP contribution in [0.1, 0.15) is 28.0 Å². The molecule has 1 amide bonds. The quantitative estimate of drug-likeness (QED) is 0.376. The summed E-state index contributed by atoms with van der Waals surface area (Å²) in [6, 6.07) is 21.1. The maximum absolute atomic E-state index is 13.4. The second-order valence-corrected chi connectivity index (χ2v) is 7.18. The van der Waals surface area contributed by atoms with Crippen LogP contribution in [0.2, 0.25) is 0 Å². The molecule has 31 heavy (non-hydrogen) atoms. The van der Waals surface area contributed by atoms with Crippen LogP contribution in [0.25, 0.3) is 5.69 Å². The highest BCUT2D eigenvalue weighted by molar-refractivity contribution is 6.01. The number of amides is 1. The summed E-state index contributed by atoms with van der Waals surface area (Å²) in [4.78, 5) is 25.7. The van der Waals surface area contributed by atoms with Gasteiger partial charge in [0.25, 0.3) is 11.6 Å². The fourth-order valence-corrected chi connectivity index (χ4v) is 3.85. The van der Waals surface area contributed by atoms with E-state index < -0.39 is 11.1 Å². The van der Waals surface area contributed by atoms with Crippen molar-refractivity contribution in [2.24, 2.45) is 0 Å². The summed E-state index contributed by atoms with van der Waals surface area (Å²) < 4.78 is 7.41. The van der Waals surface area contributed by atoms with E-state index in [9.17, 15) is 14.9 Å². The number of carbonyl (C=O) groups excluding carboxylic acids is 1. The zero-order chi connectivity index (χ0) is 21.4. The van der Waals surface area contributed by atoms with Crippen molar-refractivity contribution in [3.8, 4) is 5.69 Å². The lowest BCUT2D eigenvalue weighted by Crippen LogP contribution is -2.43. The first-order chi connectivity index (χ1) is 15.1. The number of nitro groups is 1. The van der Waals surface area contributed by atoms with E-state index in [0.717, 1.165) is 17.1 Å². The minimum Gasteiger partial charge on any atom is -0.467 e. The van der Waals surface area contributed by atoms with Crippen LogP contribution in [0.5, 0.6) is 0 Å². The van der Waals surface area contributed by atoms with Crippen molar-refractivity contribution in [1.29, 1.82) is 0 Å². The largest absolute Gasteiger partial charge is 0.467 e. The maximum atomic E-state index is 13.4. The Hall–Kier alpha value is -4.33. The molecule has 0 bridgehead atoms. The Bertz CT molecular complexity index is 1240. The molecule has 0 fully saturated rings. The van der Waals surface area contributed by atoms with Gasteiger partial charge in [-0.3, -0.25) is 14.9 Å². The minimum absolute atomic E-state index is 0.0248. The van der Waals surface area contributed by atoms with Gasteiger partial charge in [-0.25, -0.2) is 0 Å². The monoisotopic (exact) mass is 414 g/mol. The number of hydrogen-bond donors (Lipinski definition) is 1. The van der Waals surface area contributed by atoms with E-state index in [1.807, 2.05) is 47.2 Å². The number of anilines is 1. The van der Waals surface area contributed by atoms with Crippen LogP contribution in [-0.4, -0.2) is 20.3 Å². The summed E-state index contributed by atoms with van der Waals surface area (Å²) in [6.07, 6.45) is 2.99. The molecule has 0 radical (unpaired) electrons. The van der Waals surface area contributed by atoms with Crippen molar-refractivity contribution in [2.75, 3.05) is 5.32 Å². The number of nitrogens with one attached hydrogen (secondary N) is 1. The number of para-hydroxylation sites is 1. The van der Waals surface area contributed by atoms with Crippen molar-refractivity contribution < 1.29 is 14.1 Å². The SMILES string of the molecule is O=C1c2ccccc2N[C@H](c2cccn2-c2ccc([N+](=O)[O-])cc2)N1Cc1ccco1. The van der Waals surface area contributed by atoms with Gasteiger partial charge in [0.15, 0.2) is 0 Å². The lowest BCUT2D eigenvalue weighted by atomic mass is 10.1. The Labute approximate surface area is 177 Å². The molecule has 5 rings (SSSR count). The van der Waals surface area contributed by atoms with Crippen LogP contribution < -0.4 is 5.32 Å². The number of non-ortho nitro benzene ring substituents is 1. The molecule has 1 aliphatic heterocycles. The molecular weight excluding hydrogens is 396 g/mol. The van der Waals surface area contributed by atoms with E-state index in [1.54, 1.807) is 35.4 Å². The Kier molecular flexibility index (Phi) is 4.51. The van der Waals surface area contributed by atoms with Crippen LogP contribution in [-0.2, 0) is 6.54 Å². The molecule has 0 unspecified atom stereocenters. The van der Waals surface area contributed by atoms with Crippen LogP contribution in [0.15, 0.2) is 89.7 Å². The number of furan rings is 1. The third kappa shape index (κ3) is 3.33. The van der Waals surface area contributed by atoms with Gasteiger partial charge in [0.2, 0.25) is 0 Å². The van der Waals surface area contributed by atoms with Crippen molar-refractivity contribution in [2.45, 2.75) is 12.7 Å². The van der Waals surface area contributed by atoms with Crippen molar-refractivity contribution in [3.05, 3.63) is 112 Å². The summed E-state index contributed by atoms with van der Waals surface area (Å²) in [6.45, 7) is 0.295. The summed E-state index contributed by atoms with van der Waals surface area (Å²) in [7, 11) is 0. The number of carbonyl (C=O) groups is 1. The molecule has 1 atom stereocenters. The van der Waals surface area contributed by atoms with Crippen LogP contribution >= 0.6 is 0 Å². The summed E-state index contributed by atoms with van der Waals surface area (Å²) in [5, 5.41) is 14.5. The Morgan fingerprint density at radius 1 is 1.00 bits per heavy atom. The van der Waals surface area contributed by atoms with Gasteiger partial charge in [0.05, 0.1) is 29.0 Å². The molecule has 0 spiro atoms. The van der Waals surface area contributed by atoms with Gasteiger partial charge in [0, 0.05) is 29.7 Å². The Balaban J connectivity index is 1.57. The molecule has 4 aromatic rings. The number of nitrogens with zero attached hydrogens (tertiary/aromatic N) is 3. The van der Waals surface area contributed by atoms with Gasteiger partial charge in [-0.2, -0.15) is 0 Å². The van der Waals surface area contributed by atoms with Crippen molar-refractivity contribution >= 4 is 17.3 Å². The molecule has 2 aromatic carbocycles. The van der Waals surface area contributed by atoms with E-state index in [-0.39, 0.29) is 11.6 Å². The topological polar surface area (TPSA) is 93.5 Å². The van der Waals surface area contributed by atoms with Gasteiger partial charge in [-0.15, -0.1) is 0 Å². The first kappa shape index (κ1) is 18.7. The Morgan fingerprint density at radius 2 is 1.81 bits per heavy atom. The van der Waals surface area contributed by atoms with E-state index in [2.05, 4.69) is 5.32 Å². The van der Waals surface area contributed by atoms with E-state index in [1.165, 1.54) is 12.1 Å². The van der Waals surface area contributed by atoms with Gasteiger partial charge in [-0.05, 0) is 48.5 Å². The van der Waals surface area contributed by atoms with Crippen LogP contribution in [0, 0.1) is 10.1 Å². The lowest BCUT2D eigenvalue weighted by molar-refractivity contribution is -0.384. The fraction of sp³-hybridized carbons (Fsp3) is 0.0870. The van der Waals surface area contributed by atoms with Gasteiger partial charge < -0.3 is 19.2 Å².